The predicted octanol–water partition coefficient (Wildman–Crippen LogP) is 0.708. The van der Waals surface area contributed by atoms with Gasteiger partial charge in [-0.05, 0) is 40.9 Å². The van der Waals surface area contributed by atoms with Crippen molar-refractivity contribution in [3.63, 3.8) is 0 Å². The molecule has 1 heterocycles. The van der Waals surface area contributed by atoms with E-state index in [0.717, 1.165) is 5.56 Å². The number of benzene rings is 1. The van der Waals surface area contributed by atoms with Crippen LogP contribution >= 0.6 is 24.0 Å². The third-order valence-corrected chi connectivity index (χ3v) is 4.07. The van der Waals surface area contributed by atoms with E-state index in [4.69, 9.17) is 27.4 Å². The molecule has 1 aromatic carbocycles. The molecular formula is C15H23BCl2N6O3. The summed E-state index contributed by atoms with van der Waals surface area (Å²) >= 11 is 5.83. The first-order chi connectivity index (χ1) is 12.5. The quantitative estimate of drug-likeness (QED) is 0.330. The van der Waals surface area contributed by atoms with Gasteiger partial charge in [-0.15, -0.1) is 17.5 Å². The number of nitrogens with one attached hydrogen (secondary N) is 1. The minimum absolute atomic E-state index is 0. The van der Waals surface area contributed by atoms with Crippen LogP contribution in [-0.2, 0) is 17.9 Å². The molecule has 1 atom stereocenters. The summed E-state index contributed by atoms with van der Waals surface area (Å²) < 4.78 is 1.38. The summed E-state index contributed by atoms with van der Waals surface area (Å²) in [5.41, 5.74) is 7.01. The number of halogens is 2. The summed E-state index contributed by atoms with van der Waals surface area (Å²) in [6, 6.07) is 6.77. The lowest BCUT2D eigenvalue weighted by molar-refractivity contribution is -0.122. The van der Waals surface area contributed by atoms with Gasteiger partial charge in [-0.2, -0.15) is 0 Å². The van der Waals surface area contributed by atoms with E-state index in [-0.39, 0.29) is 24.9 Å². The van der Waals surface area contributed by atoms with Crippen molar-refractivity contribution < 1.29 is 14.8 Å². The summed E-state index contributed by atoms with van der Waals surface area (Å²) in [7, 11) is -1.30. The molecule has 1 amide bonds. The van der Waals surface area contributed by atoms with Gasteiger partial charge in [-0.25, -0.2) is 4.68 Å². The molecule has 2 rings (SSSR count). The zero-order valence-electron chi connectivity index (χ0n) is 14.7. The SMILES string of the molecule is Cl.N[C@@H](CCCCB(O)O)c1nnnn1CC(=O)NCc1ccc(Cl)cc1. The first-order valence-corrected chi connectivity index (χ1v) is 8.72. The van der Waals surface area contributed by atoms with E-state index in [1.807, 2.05) is 12.1 Å². The van der Waals surface area contributed by atoms with Crippen LogP contribution < -0.4 is 11.1 Å². The molecule has 0 aliphatic carbocycles. The van der Waals surface area contributed by atoms with E-state index in [2.05, 4.69) is 20.8 Å². The van der Waals surface area contributed by atoms with Crippen LogP contribution in [0.15, 0.2) is 24.3 Å². The number of nitrogens with zero attached hydrogens (tertiary/aromatic N) is 4. The maximum absolute atomic E-state index is 12.1. The highest BCUT2D eigenvalue weighted by Crippen LogP contribution is 2.15. The van der Waals surface area contributed by atoms with Gasteiger partial charge in [0, 0.05) is 11.6 Å². The fourth-order valence-corrected chi connectivity index (χ4v) is 2.53. The Labute approximate surface area is 168 Å². The molecule has 0 saturated heterocycles. The number of hydrogen-bond donors (Lipinski definition) is 4. The molecule has 0 bridgehead atoms. The second-order valence-electron chi connectivity index (χ2n) is 5.97. The van der Waals surface area contributed by atoms with Crippen molar-refractivity contribution in [1.29, 1.82) is 0 Å². The van der Waals surface area contributed by atoms with Crippen LogP contribution in [0.1, 0.15) is 36.7 Å². The second-order valence-corrected chi connectivity index (χ2v) is 6.41. The Morgan fingerprint density at radius 3 is 2.67 bits per heavy atom. The van der Waals surface area contributed by atoms with Crippen LogP contribution in [-0.4, -0.2) is 43.3 Å². The van der Waals surface area contributed by atoms with Crippen molar-refractivity contribution in [1.82, 2.24) is 25.5 Å². The number of carbonyl (C=O) groups is 1. The van der Waals surface area contributed by atoms with Crippen LogP contribution in [0.2, 0.25) is 11.3 Å². The molecule has 148 valence electrons. The van der Waals surface area contributed by atoms with Crippen LogP contribution in [0.4, 0.5) is 0 Å². The van der Waals surface area contributed by atoms with E-state index >= 15 is 0 Å². The fourth-order valence-electron chi connectivity index (χ4n) is 2.40. The number of unbranched alkanes of at least 4 members (excludes halogenated alkanes) is 1. The molecule has 0 spiro atoms. The lowest BCUT2D eigenvalue weighted by Crippen LogP contribution is -2.29. The van der Waals surface area contributed by atoms with E-state index in [1.165, 1.54) is 4.68 Å². The van der Waals surface area contributed by atoms with Crippen molar-refractivity contribution in [3.8, 4) is 0 Å². The van der Waals surface area contributed by atoms with Crippen molar-refractivity contribution in [2.24, 2.45) is 5.73 Å². The van der Waals surface area contributed by atoms with Gasteiger partial charge in [0.05, 0.1) is 6.04 Å². The van der Waals surface area contributed by atoms with E-state index in [1.54, 1.807) is 12.1 Å². The molecular weight excluding hydrogens is 394 g/mol. The Morgan fingerprint density at radius 2 is 2.00 bits per heavy atom. The average Bonchev–Trinajstić information content (AvgIpc) is 3.06. The molecule has 0 fully saturated rings. The van der Waals surface area contributed by atoms with Crippen LogP contribution in [0.25, 0.3) is 0 Å². The molecule has 12 heteroatoms. The zero-order valence-corrected chi connectivity index (χ0v) is 16.2. The fraction of sp³-hybridized carbons (Fsp3) is 0.467. The largest absolute Gasteiger partial charge is 0.451 e. The van der Waals surface area contributed by atoms with Gasteiger partial charge < -0.3 is 21.1 Å². The number of carbonyl (C=O) groups excluding carboxylic acids is 1. The molecule has 27 heavy (non-hydrogen) atoms. The Hall–Kier alpha value is -1.72. The van der Waals surface area contributed by atoms with Crippen molar-refractivity contribution in [2.75, 3.05) is 0 Å². The Morgan fingerprint density at radius 1 is 1.30 bits per heavy atom. The Kier molecular flexibility index (Phi) is 10.3. The van der Waals surface area contributed by atoms with Crippen molar-refractivity contribution in [3.05, 3.63) is 40.7 Å². The average molecular weight is 417 g/mol. The normalized spacial score (nSPS) is 11.6. The number of amides is 1. The molecule has 9 nitrogen and oxygen atoms in total. The predicted molar refractivity (Wildman–Crippen MR) is 104 cm³/mol. The van der Waals surface area contributed by atoms with Crippen LogP contribution in [0.5, 0.6) is 0 Å². The number of nitrogens with two attached hydrogens (primary N) is 1. The smallest absolute Gasteiger partial charge is 0.427 e. The van der Waals surface area contributed by atoms with E-state index in [9.17, 15) is 4.79 Å². The maximum Gasteiger partial charge on any atom is 0.451 e. The summed E-state index contributed by atoms with van der Waals surface area (Å²) in [5.74, 6) is 0.195. The number of tetrazole rings is 1. The standard InChI is InChI=1S/C15H22BClN6O3.ClH/c17-12-6-4-11(5-7-12)9-19-14(24)10-23-15(20-21-22-23)13(18)3-1-2-8-16(25)26;/h4-7,13,25-26H,1-3,8-10,18H2,(H,19,24);1H/t13-;/m0./s1. The number of aromatic nitrogens is 4. The minimum atomic E-state index is -1.30. The molecule has 1 aromatic heterocycles. The topological polar surface area (TPSA) is 139 Å². The van der Waals surface area contributed by atoms with Crippen LogP contribution in [0, 0.1) is 0 Å². The van der Waals surface area contributed by atoms with Crippen molar-refractivity contribution in [2.45, 2.75) is 44.7 Å². The first kappa shape index (κ1) is 23.3. The number of hydrogen-bond acceptors (Lipinski definition) is 7. The van der Waals surface area contributed by atoms with Crippen LogP contribution in [0.3, 0.4) is 0 Å². The summed E-state index contributed by atoms with van der Waals surface area (Å²) in [4.78, 5) is 12.1. The summed E-state index contributed by atoms with van der Waals surface area (Å²) in [6.07, 6.45) is 2.22. The summed E-state index contributed by atoms with van der Waals surface area (Å²) in [5, 5.41) is 32.4. The molecule has 0 saturated carbocycles. The molecule has 0 aliphatic rings. The third kappa shape index (κ3) is 8.23. The monoisotopic (exact) mass is 416 g/mol. The third-order valence-electron chi connectivity index (χ3n) is 3.82. The van der Waals surface area contributed by atoms with E-state index < -0.39 is 13.2 Å². The maximum atomic E-state index is 12.1. The van der Waals surface area contributed by atoms with Gasteiger partial charge in [0.1, 0.15) is 6.54 Å². The lowest BCUT2D eigenvalue weighted by atomic mass is 9.83. The molecule has 0 radical (unpaired) electrons. The minimum Gasteiger partial charge on any atom is -0.427 e. The highest BCUT2D eigenvalue weighted by atomic mass is 35.5. The Bertz CT molecular complexity index is 701. The molecule has 0 unspecified atom stereocenters. The second kappa shape index (κ2) is 11.9. The first-order valence-electron chi connectivity index (χ1n) is 8.34. The highest BCUT2D eigenvalue weighted by molar-refractivity contribution is 6.40. The molecule has 2 aromatic rings. The van der Waals surface area contributed by atoms with Gasteiger partial charge in [-0.3, -0.25) is 4.79 Å². The van der Waals surface area contributed by atoms with Gasteiger partial charge in [0.25, 0.3) is 0 Å². The highest BCUT2D eigenvalue weighted by Gasteiger charge is 2.17. The van der Waals surface area contributed by atoms with Crippen molar-refractivity contribution >= 4 is 37.0 Å². The van der Waals surface area contributed by atoms with Gasteiger partial charge in [0.2, 0.25) is 5.91 Å². The van der Waals surface area contributed by atoms with Gasteiger partial charge >= 0.3 is 7.12 Å². The lowest BCUT2D eigenvalue weighted by Gasteiger charge is -2.12. The molecule has 5 N–H and O–H groups in total. The number of rotatable bonds is 10. The van der Waals surface area contributed by atoms with E-state index in [0.29, 0.717) is 43.0 Å². The summed E-state index contributed by atoms with van der Waals surface area (Å²) in [6.45, 7) is 0.349. The Balaban J connectivity index is 0.00000364. The zero-order chi connectivity index (χ0) is 18.9. The van der Waals surface area contributed by atoms with Gasteiger partial charge in [0.15, 0.2) is 5.82 Å². The van der Waals surface area contributed by atoms with Gasteiger partial charge in [-0.1, -0.05) is 36.6 Å². The molecule has 0 aliphatic heterocycles.